The summed E-state index contributed by atoms with van der Waals surface area (Å²) in [6, 6.07) is 0.726. The molecule has 0 unspecified atom stereocenters. The van der Waals surface area contributed by atoms with Gasteiger partial charge in [0.1, 0.15) is 0 Å². The molecule has 0 spiro atoms. The Kier molecular flexibility index (Phi) is 4.05. The zero-order chi connectivity index (χ0) is 12.4. The van der Waals surface area contributed by atoms with Crippen molar-refractivity contribution < 1.29 is 0 Å². The summed E-state index contributed by atoms with van der Waals surface area (Å²) < 4.78 is 0. The number of thiazole rings is 1. The molecule has 0 aromatic carbocycles. The minimum atomic E-state index is 0.512. The third-order valence-electron chi connectivity index (χ3n) is 3.52. The Labute approximate surface area is 108 Å². The Morgan fingerprint density at radius 2 is 2.18 bits per heavy atom. The molecule has 96 valence electrons. The number of hydrogen-bond acceptors (Lipinski definition) is 4. The molecule has 0 aliphatic heterocycles. The van der Waals surface area contributed by atoms with Crippen molar-refractivity contribution in [1.82, 2.24) is 10.3 Å². The minimum absolute atomic E-state index is 0.512. The summed E-state index contributed by atoms with van der Waals surface area (Å²) in [5, 5.41) is 4.44. The average molecular weight is 253 g/mol. The summed E-state index contributed by atoms with van der Waals surface area (Å²) in [6.07, 6.45) is 4.03. The second kappa shape index (κ2) is 5.36. The highest BCUT2D eigenvalue weighted by Crippen LogP contribution is 2.34. The highest BCUT2D eigenvalue weighted by atomic mass is 32.1. The van der Waals surface area contributed by atoms with Crippen molar-refractivity contribution >= 4 is 16.5 Å². The van der Waals surface area contributed by atoms with Crippen LogP contribution in [0.25, 0.3) is 0 Å². The van der Waals surface area contributed by atoms with E-state index in [2.05, 4.69) is 31.1 Å². The summed E-state index contributed by atoms with van der Waals surface area (Å²) >= 11 is 1.85. The van der Waals surface area contributed by atoms with Gasteiger partial charge in [-0.05, 0) is 32.2 Å². The van der Waals surface area contributed by atoms with E-state index in [-0.39, 0.29) is 0 Å². The number of hydrogen-bond donors (Lipinski definition) is 1. The molecule has 1 aromatic rings. The van der Waals surface area contributed by atoms with Crippen molar-refractivity contribution in [1.29, 1.82) is 0 Å². The Morgan fingerprint density at radius 1 is 1.47 bits per heavy atom. The van der Waals surface area contributed by atoms with Gasteiger partial charge < -0.3 is 10.2 Å². The summed E-state index contributed by atoms with van der Waals surface area (Å²) in [6.45, 7) is 5.38. The lowest BCUT2D eigenvalue weighted by molar-refractivity contribution is 0.400. The molecule has 1 aliphatic carbocycles. The molecular weight excluding hydrogens is 230 g/mol. The fourth-order valence-electron chi connectivity index (χ4n) is 2.17. The van der Waals surface area contributed by atoms with Crippen molar-refractivity contribution in [3.8, 4) is 0 Å². The molecule has 0 atom stereocenters. The second-order valence-electron chi connectivity index (χ2n) is 5.19. The number of rotatable bonds is 5. The van der Waals surface area contributed by atoms with E-state index in [4.69, 9.17) is 4.98 Å². The first-order valence-corrected chi connectivity index (χ1v) is 7.32. The van der Waals surface area contributed by atoms with Gasteiger partial charge in [0.2, 0.25) is 0 Å². The first-order valence-electron chi connectivity index (χ1n) is 6.50. The maximum Gasteiger partial charge on any atom is 0.185 e. The van der Waals surface area contributed by atoms with Crippen molar-refractivity contribution in [3.05, 3.63) is 10.6 Å². The van der Waals surface area contributed by atoms with Crippen LogP contribution in [-0.4, -0.2) is 25.1 Å². The maximum absolute atomic E-state index is 4.84. The monoisotopic (exact) mass is 253 g/mol. The molecule has 1 aromatic heterocycles. The van der Waals surface area contributed by atoms with Gasteiger partial charge in [0.15, 0.2) is 5.13 Å². The summed E-state index contributed by atoms with van der Waals surface area (Å²) in [5.74, 6) is 0.512. The lowest BCUT2D eigenvalue weighted by atomic mass is 9.92. The van der Waals surface area contributed by atoms with Gasteiger partial charge in [0, 0.05) is 24.5 Å². The number of anilines is 1. The predicted molar refractivity (Wildman–Crippen MR) is 75.0 cm³/mol. The van der Waals surface area contributed by atoms with Gasteiger partial charge in [-0.2, -0.15) is 0 Å². The predicted octanol–water partition coefficient (Wildman–Crippen LogP) is 2.97. The first kappa shape index (κ1) is 12.8. The fraction of sp³-hybridized carbons (Fsp3) is 0.769. The van der Waals surface area contributed by atoms with E-state index in [1.807, 2.05) is 18.4 Å². The molecule has 1 fully saturated rings. The van der Waals surface area contributed by atoms with E-state index in [1.165, 1.54) is 35.0 Å². The number of nitrogens with zero attached hydrogens (tertiary/aromatic N) is 2. The number of aromatic nitrogens is 1. The Morgan fingerprint density at radius 3 is 2.65 bits per heavy atom. The highest BCUT2D eigenvalue weighted by molar-refractivity contribution is 7.15. The second-order valence-corrected chi connectivity index (χ2v) is 6.25. The lowest BCUT2D eigenvalue weighted by Crippen LogP contribution is -2.37. The zero-order valence-corrected chi connectivity index (χ0v) is 12.1. The molecule has 17 heavy (non-hydrogen) atoms. The van der Waals surface area contributed by atoms with Gasteiger partial charge in [0.25, 0.3) is 0 Å². The molecule has 2 rings (SSSR count). The summed E-state index contributed by atoms with van der Waals surface area (Å²) in [7, 11) is 4.19. The third-order valence-corrected chi connectivity index (χ3v) is 4.69. The standard InChI is InChI=1S/C13H23N3S/c1-9(2)12-11(8-14-3)17-13(15-12)16(4)10-6-5-7-10/h9-10,14H,5-8H2,1-4H3. The topological polar surface area (TPSA) is 28.2 Å². The van der Waals surface area contributed by atoms with Crippen LogP contribution in [0.2, 0.25) is 0 Å². The van der Waals surface area contributed by atoms with Crippen molar-refractivity contribution in [2.45, 2.75) is 51.6 Å². The average Bonchev–Trinajstić information content (AvgIpc) is 2.59. The smallest absolute Gasteiger partial charge is 0.185 e. The molecule has 4 heteroatoms. The van der Waals surface area contributed by atoms with Crippen LogP contribution in [0.4, 0.5) is 5.13 Å². The number of nitrogens with one attached hydrogen (secondary N) is 1. The molecule has 3 nitrogen and oxygen atoms in total. The van der Waals surface area contributed by atoms with Crippen LogP contribution < -0.4 is 10.2 Å². The van der Waals surface area contributed by atoms with E-state index in [1.54, 1.807) is 0 Å². The Bertz CT molecular complexity index is 369. The summed E-state index contributed by atoms with van der Waals surface area (Å²) in [5.41, 5.74) is 1.27. The van der Waals surface area contributed by atoms with Gasteiger partial charge in [-0.25, -0.2) is 4.98 Å². The molecule has 1 saturated carbocycles. The van der Waals surface area contributed by atoms with Gasteiger partial charge in [-0.3, -0.25) is 0 Å². The normalized spacial score (nSPS) is 16.3. The highest BCUT2D eigenvalue weighted by Gasteiger charge is 2.25. The molecule has 1 heterocycles. The Balaban J connectivity index is 2.19. The zero-order valence-electron chi connectivity index (χ0n) is 11.3. The van der Waals surface area contributed by atoms with Crippen molar-refractivity contribution in [3.63, 3.8) is 0 Å². The van der Waals surface area contributed by atoms with Gasteiger partial charge in [-0.15, -0.1) is 11.3 Å². The largest absolute Gasteiger partial charge is 0.348 e. The van der Waals surface area contributed by atoms with Gasteiger partial charge in [0.05, 0.1) is 5.69 Å². The lowest BCUT2D eigenvalue weighted by Gasteiger charge is -2.34. The quantitative estimate of drug-likeness (QED) is 0.874. The van der Waals surface area contributed by atoms with Crippen LogP contribution >= 0.6 is 11.3 Å². The van der Waals surface area contributed by atoms with E-state index in [0.29, 0.717) is 5.92 Å². The van der Waals surface area contributed by atoms with E-state index in [0.717, 1.165) is 12.6 Å². The van der Waals surface area contributed by atoms with Crippen LogP contribution in [0.5, 0.6) is 0 Å². The van der Waals surface area contributed by atoms with E-state index in [9.17, 15) is 0 Å². The Hall–Kier alpha value is -0.610. The van der Waals surface area contributed by atoms with E-state index < -0.39 is 0 Å². The minimum Gasteiger partial charge on any atom is -0.348 e. The van der Waals surface area contributed by atoms with Crippen molar-refractivity contribution in [2.24, 2.45) is 0 Å². The molecule has 1 N–H and O–H groups in total. The van der Waals surface area contributed by atoms with Crippen LogP contribution in [0, 0.1) is 0 Å². The maximum atomic E-state index is 4.84. The first-order chi connectivity index (χ1) is 8.13. The van der Waals surface area contributed by atoms with Crippen LogP contribution in [0.3, 0.4) is 0 Å². The molecule has 0 bridgehead atoms. The SMILES string of the molecule is CNCc1sc(N(C)C2CCC2)nc1C(C)C. The molecule has 0 saturated heterocycles. The molecule has 0 amide bonds. The van der Waals surface area contributed by atoms with Crippen LogP contribution in [0.15, 0.2) is 0 Å². The van der Waals surface area contributed by atoms with Crippen molar-refractivity contribution in [2.75, 3.05) is 19.0 Å². The summed E-state index contributed by atoms with van der Waals surface area (Å²) in [4.78, 5) is 8.60. The van der Waals surface area contributed by atoms with Gasteiger partial charge in [-0.1, -0.05) is 13.8 Å². The van der Waals surface area contributed by atoms with E-state index >= 15 is 0 Å². The third kappa shape index (κ3) is 2.63. The molecule has 0 radical (unpaired) electrons. The van der Waals surface area contributed by atoms with Crippen LogP contribution in [-0.2, 0) is 6.54 Å². The molecular formula is C13H23N3S. The van der Waals surface area contributed by atoms with Crippen LogP contribution in [0.1, 0.15) is 49.6 Å². The molecule has 1 aliphatic rings. The van der Waals surface area contributed by atoms with Gasteiger partial charge >= 0.3 is 0 Å². The fourth-order valence-corrected chi connectivity index (χ4v) is 3.43.